The summed E-state index contributed by atoms with van der Waals surface area (Å²) in [5.41, 5.74) is 40.7. The van der Waals surface area contributed by atoms with E-state index >= 15 is 0 Å². The van der Waals surface area contributed by atoms with Gasteiger partial charge in [-0.05, 0) is 106 Å². The van der Waals surface area contributed by atoms with E-state index in [0.717, 1.165) is 56.1 Å². The number of benzene rings is 4. The van der Waals surface area contributed by atoms with E-state index < -0.39 is 0 Å². The molecule has 4 aromatic carbocycles. The van der Waals surface area contributed by atoms with E-state index in [0.29, 0.717) is 0 Å². The van der Waals surface area contributed by atoms with Crippen LogP contribution in [0.2, 0.25) is 0 Å². The largest absolute Gasteiger partial charge is 0.398 e. The van der Waals surface area contributed by atoms with Crippen molar-refractivity contribution in [1.82, 2.24) is 0 Å². The zero-order chi connectivity index (χ0) is 31.3. The molecule has 0 saturated carbocycles. The molecule has 0 radical (unpaired) electrons. The maximum atomic E-state index is 6.58. The van der Waals surface area contributed by atoms with Crippen molar-refractivity contribution in [2.24, 2.45) is 0 Å². The lowest BCUT2D eigenvalue weighted by Crippen LogP contribution is -2.20. The van der Waals surface area contributed by atoms with Crippen LogP contribution in [0.25, 0.3) is 0 Å². The fourth-order valence-corrected chi connectivity index (χ4v) is 6.36. The molecule has 4 heteroatoms. The van der Waals surface area contributed by atoms with Crippen molar-refractivity contribution in [3.63, 3.8) is 0 Å². The minimum atomic E-state index is -0.111. The van der Waals surface area contributed by atoms with Crippen LogP contribution in [-0.2, 0) is 10.8 Å². The third-order valence-corrected chi connectivity index (χ3v) is 8.77. The van der Waals surface area contributed by atoms with Crippen LogP contribution in [0.5, 0.6) is 0 Å². The van der Waals surface area contributed by atoms with Crippen molar-refractivity contribution in [2.45, 2.75) is 91.9 Å². The normalized spacial score (nSPS) is 12.4. The first-order valence-corrected chi connectivity index (χ1v) is 14.9. The van der Waals surface area contributed by atoms with E-state index in [4.69, 9.17) is 22.9 Å². The summed E-state index contributed by atoms with van der Waals surface area (Å²) in [5.74, 6) is -0.0489. The van der Waals surface area contributed by atoms with Crippen LogP contribution >= 0.6 is 0 Å². The van der Waals surface area contributed by atoms with Crippen molar-refractivity contribution in [3.05, 3.63) is 116 Å². The highest BCUT2D eigenvalue weighted by atomic mass is 14.6. The second kappa shape index (κ2) is 11.1. The third kappa shape index (κ3) is 5.99. The van der Waals surface area contributed by atoms with Gasteiger partial charge in [0.1, 0.15) is 0 Å². The van der Waals surface area contributed by atoms with Gasteiger partial charge in [0.05, 0.1) is 0 Å². The molecule has 0 aromatic heterocycles. The first-order valence-electron chi connectivity index (χ1n) is 14.9. The Hall–Kier alpha value is -3.92. The molecular formula is C38H50N4. The smallest absolute Gasteiger partial charge is 0.0373 e. The summed E-state index contributed by atoms with van der Waals surface area (Å²) < 4.78 is 0. The Labute approximate surface area is 253 Å². The van der Waals surface area contributed by atoms with Gasteiger partial charge in [0.25, 0.3) is 0 Å². The molecule has 0 unspecified atom stereocenters. The third-order valence-electron chi connectivity index (χ3n) is 8.77. The number of aryl methyl sites for hydroxylation is 4. The van der Waals surface area contributed by atoms with Gasteiger partial charge >= 0.3 is 0 Å². The van der Waals surface area contributed by atoms with Crippen molar-refractivity contribution < 1.29 is 0 Å². The Kier molecular flexibility index (Phi) is 8.17. The molecule has 0 aliphatic heterocycles. The Morgan fingerprint density at radius 1 is 0.429 bits per heavy atom. The van der Waals surface area contributed by atoms with Gasteiger partial charge in [0, 0.05) is 34.6 Å². The van der Waals surface area contributed by atoms with E-state index in [1.165, 1.54) is 22.3 Å². The second-order valence-corrected chi connectivity index (χ2v) is 14.3. The minimum Gasteiger partial charge on any atom is -0.398 e. The lowest BCUT2D eigenvalue weighted by molar-refractivity contribution is 0.586. The number of nitrogens with two attached hydrogens (primary N) is 4. The summed E-state index contributed by atoms with van der Waals surface area (Å²) in [6, 6.07) is 22.2. The van der Waals surface area contributed by atoms with Gasteiger partial charge in [-0.2, -0.15) is 0 Å². The summed E-state index contributed by atoms with van der Waals surface area (Å²) >= 11 is 0. The van der Waals surface area contributed by atoms with E-state index in [1.807, 2.05) is 0 Å². The van der Waals surface area contributed by atoms with Crippen LogP contribution < -0.4 is 22.9 Å². The Morgan fingerprint density at radius 3 is 1.00 bits per heavy atom. The molecule has 4 nitrogen and oxygen atoms in total. The maximum Gasteiger partial charge on any atom is 0.0373 e. The minimum absolute atomic E-state index is 0.0196. The van der Waals surface area contributed by atoms with E-state index in [2.05, 4.69) is 130 Å². The molecule has 0 saturated heterocycles. The zero-order valence-electron chi connectivity index (χ0n) is 27.2. The SMILES string of the molecule is Cc1cc(C(c2cc(C)c(N)c(C)c2)C(c2ccc(N)c(C(C)(C)C)c2)c2ccc(N)c(C(C)(C)C)c2)cc(C)c1N. The maximum absolute atomic E-state index is 6.58. The standard InChI is InChI=1S/C38H50N4/c1-21-15-27(16-22(2)35(21)41)34(28-17-23(3)36(42)24(4)18-28)33(25-11-13-31(39)29(19-25)37(5,6)7)26-12-14-32(40)30(20-26)38(8,9)10/h11-20,33-34H,39-42H2,1-10H3. The first kappa shape index (κ1) is 31.0. The van der Waals surface area contributed by atoms with Crippen molar-refractivity contribution in [3.8, 4) is 0 Å². The fourth-order valence-electron chi connectivity index (χ4n) is 6.36. The van der Waals surface area contributed by atoms with Gasteiger partial charge in [-0.25, -0.2) is 0 Å². The molecule has 42 heavy (non-hydrogen) atoms. The fraction of sp³-hybridized carbons (Fsp3) is 0.368. The molecule has 0 aliphatic rings. The second-order valence-electron chi connectivity index (χ2n) is 14.3. The quantitative estimate of drug-likeness (QED) is 0.182. The monoisotopic (exact) mass is 562 g/mol. The molecule has 0 fully saturated rings. The highest BCUT2D eigenvalue weighted by molar-refractivity contribution is 5.62. The van der Waals surface area contributed by atoms with Crippen LogP contribution in [0.1, 0.15) is 109 Å². The van der Waals surface area contributed by atoms with Crippen molar-refractivity contribution in [1.29, 1.82) is 0 Å². The number of nitrogen functional groups attached to an aromatic ring is 4. The van der Waals surface area contributed by atoms with Gasteiger partial charge in [0.15, 0.2) is 0 Å². The van der Waals surface area contributed by atoms with Gasteiger partial charge in [-0.15, -0.1) is 0 Å². The van der Waals surface area contributed by atoms with Gasteiger partial charge in [0.2, 0.25) is 0 Å². The Bertz CT molecular complexity index is 1470. The molecule has 0 aliphatic carbocycles. The van der Waals surface area contributed by atoms with E-state index in [-0.39, 0.29) is 22.7 Å². The summed E-state index contributed by atoms with van der Waals surface area (Å²) in [5, 5.41) is 0. The van der Waals surface area contributed by atoms with Crippen LogP contribution in [-0.4, -0.2) is 0 Å². The van der Waals surface area contributed by atoms with Gasteiger partial charge in [-0.1, -0.05) is 90.1 Å². The lowest BCUT2D eigenvalue weighted by Gasteiger charge is -2.33. The zero-order valence-corrected chi connectivity index (χ0v) is 27.2. The molecule has 222 valence electrons. The molecule has 0 amide bonds. The molecule has 0 bridgehead atoms. The summed E-state index contributed by atoms with van der Waals surface area (Å²) in [6.07, 6.45) is 0. The van der Waals surface area contributed by atoms with Crippen LogP contribution in [0.4, 0.5) is 22.7 Å². The average Bonchev–Trinajstić information content (AvgIpc) is 2.88. The molecule has 0 atom stereocenters. The van der Waals surface area contributed by atoms with E-state index in [9.17, 15) is 0 Å². The van der Waals surface area contributed by atoms with Crippen molar-refractivity contribution in [2.75, 3.05) is 22.9 Å². The average molecular weight is 563 g/mol. The number of rotatable bonds is 5. The molecule has 0 spiro atoms. The van der Waals surface area contributed by atoms with Gasteiger partial charge < -0.3 is 22.9 Å². The Morgan fingerprint density at radius 2 is 0.714 bits per heavy atom. The first-order chi connectivity index (χ1) is 19.4. The molecule has 8 N–H and O–H groups in total. The number of hydrogen-bond acceptors (Lipinski definition) is 4. The predicted octanol–water partition coefficient (Wildman–Crippen LogP) is 8.81. The highest BCUT2D eigenvalue weighted by Crippen LogP contribution is 2.47. The van der Waals surface area contributed by atoms with E-state index in [1.54, 1.807) is 0 Å². The molecule has 0 heterocycles. The summed E-state index contributed by atoms with van der Waals surface area (Å²) in [7, 11) is 0. The van der Waals surface area contributed by atoms with Crippen LogP contribution in [0, 0.1) is 27.7 Å². The predicted molar refractivity (Wildman–Crippen MR) is 183 cm³/mol. The van der Waals surface area contributed by atoms with Crippen LogP contribution in [0.15, 0.2) is 60.7 Å². The number of hydrogen-bond donors (Lipinski definition) is 4. The van der Waals surface area contributed by atoms with Crippen molar-refractivity contribution >= 4 is 22.7 Å². The lowest BCUT2D eigenvalue weighted by atomic mass is 9.70. The van der Waals surface area contributed by atoms with Crippen LogP contribution in [0.3, 0.4) is 0 Å². The van der Waals surface area contributed by atoms with Gasteiger partial charge in [-0.3, -0.25) is 0 Å². The Balaban J connectivity index is 2.15. The summed E-state index contributed by atoms with van der Waals surface area (Å²) in [6.45, 7) is 21.7. The molecule has 4 rings (SSSR count). The molecular weight excluding hydrogens is 512 g/mol. The topological polar surface area (TPSA) is 104 Å². The number of anilines is 4. The highest BCUT2D eigenvalue weighted by Gasteiger charge is 2.32. The summed E-state index contributed by atoms with van der Waals surface area (Å²) in [4.78, 5) is 0. The molecule has 4 aromatic rings.